The fourth-order valence-corrected chi connectivity index (χ4v) is 5.88. The van der Waals surface area contributed by atoms with Crippen LogP contribution in [0, 0.1) is 0 Å². The van der Waals surface area contributed by atoms with Crippen molar-refractivity contribution in [3.63, 3.8) is 0 Å². The second-order valence-corrected chi connectivity index (χ2v) is 11.9. The highest BCUT2D eigenvalue weighted by atomic mass is 79.9. The van der Waals surface area contributed by atoms with Gasteiger partial charge in [0.15, 0.2) is 11.5 Å². The van der Waals surface area contributed by atoms with Crippen molar-refractivity contribution in [2.24, 2.45) is 5.10 Å². The van der Waals surface area contributed by atoms with Crippen LogP contribution in [0.5, 0.6) is 11.5 Å². The van der Waals surface area contributed by atoms with Gasteiger partial charge in [-0.2, -0.15) is 9.78 Å². The van der Waals surface area contributed by atoms with Crippen LogP contribution in [0.15, 0.2) is 67.4 Å². The Bertz CT molecular complexity index is 1600. The number of hydrogen-bond donors (Lipinski definition) is 0. The highest BCUT2D eigenvalue weighted by Crippen LogP contribution is 2.42. The second kappa shape index (κ2) is 12.4. The summed E-state index contributed by atoms with van der Waals surface area (Å²) < 4.78 is 14.4. The van der Waals surface area contributed by atoms with Gasteiger partial charge in [-0.15, -0.1) is 0 Å². The molecule has 1 aliphatic rings. The van der Waals surface area contributed by atoms with Crippen LogP contribution in [0.25, 0.3) is 10.9 Å². The number of rotatable bonds is 7. The molecule has 39 heavy (non-hydrogen) atoms. The lowest BCUT2D eigenvalue weighted by Gasteiger charge is -2.22. The summed E-state index contributed by atoms with van der Waals surface area (Å²) in [7, 11) is 1.55. The standard InChI is InChI=1S/C29H25Br2Cl2N3O3/c1-38-24-13-19(25(31)26(33)27(24)39-16-17-7-10-21(32)11-8-17)15-34-36-28(18-5-3-2-4-6-18)35-23-12-9-20(30)14-22(23)29(36)37/h7-15,18H,2-6,16H2,1H3. The third-order valence-corrected chi connectivity index (χ3v) is 8.98. The Morgan fingerprint density at radius 3 is 2.54 bits per heavy atom. The zero-order chi connectivity index (χ0) is 27.5. The Balaban J connectivity index is 1.53. The second-order valence-electron chi connectivity index (χ2n) is 9.37. The van der Waals surface area contributed by atoms with Gasteiger partial charge in [0.25, 0.3) is 5.56 Å². The predicted molar refractivity (Wildman–Crippen MR) is 164 cm³/mol. The number of ether oxygens (including phenoxy) is 2. The van der Waals surface area contributed by atoms with Crippen molar-refractivity contribution in [3.05, 3.63) is 94.8 Å². The maximum Gasteiger partial charge on any atom is 0.282 e. The third kappa shape index (κ3) is 6.19. The Morgan fingerprint density at radius 2 is 1.82 bits per heavy atom. The summed E-state index contributed by atoms with van der Waals surface area (Å²) in [6.45, 7) is 0.283. The summed E-state index contributed by atoms with van der Waals surface area (Å²) in [6.07, 6.45) is 6.97. The van der Waals surface area contributed by atoms with Gasteiger partial charge < -0.3 is 9.47 Å². The first-order chi connectivity index (χ1) is 18.9. The fourth-order valence-electron chi connectivity index (χ4n) is 4.74. The number of fused-ring (bicyclic) bond motifs is 1. The number of benzene rings is 3. The zero-order valence-electron chi connectivity index (χ0n) is 21.1. The number of aromatic nitrogens is 2. The summed E-state index contributed by atoms with van der Waals surface area (Å²) in [6, 6.07) is 14.7. The Morgan fingerprint density at radius 1 is 1.08 bits per heavy atom. The van der Waals surface area contributed by atoms with Gasteiger partial charge in [-0.05, 0) is 70.7 Å². The molecule has 0 bridgehead atoms. The molecular weight excluding hydrogens is 669 g/mol. The lowest BCUT2D eigenvalue weighted by atomic mass is 9.88. The molecule has 0 amide bonds. The van der Waals surface area contributed by atoms with Crippen LogP contribution in [0.4, 0.5) is 0 Å². The SMILES string of the molecule is COc1cc(C=Nn2c(C3CCCCC3)nc3ccc(Br)cc3c2=O)c(Br)c(Cl)c1OCc1ccc(Cl)cc1. The minimum absolute atomic E-state index is 0.168. The van der Waals surface area contributed by atoms with E-state index >= 15 is 0 Å². The Kier molecular flexibility index (Phi) is 8.96. The van der Waals surface area contributed by atoms with E-state index in [0.29, 0.717) is 48.3 Å². The summed E-state index contributed by atoms with van der Waals surface area (Å²) in [5, 5.41) is 6.14. The van der Waals surface area contributed by atoms with Crippen molar-refractivity contribution >= 4 is 72.2 Å². The molecule has 202 valence electrons. The first-order valence-corrected chi connectivity index (χ1v) is 14.9. The van der Waals surface area contributed by atoms with Gasteiger partial charge in [0, 0.05) is 25.4 Å². The summed E-state index contributed by atoms with van der Waals surface area (Å²) in [5.74, 6) is 1.69. The van der Waals surface area contributed by atoms with E-state index in [9.17, 15) is 4.79 Å². The molecule has 0 radical (unpaired) electrons. The molecule has 0 atom stereocenters. The fraction of sp³-hybridized carbons (Fsp3) is 0.276. The molecule has 0 spiro atoms. The third-order valence-electron chi connectivity index (χ3n) is 6.79. The van der Waals surface area contributed by atoms with Crippen molar-refractivity contribution in [1.82, 2.24) is 9.66 Å². The molecule has 1 saturated carbocycles. The van der Waals surface area contributed by atoms with Gasteiger partial charge >= 0.3 is 0 Å². The van der Waals surface area contributed by atoms with E-state index in [0.717, 1.165) is 35.7 Å². The molecule has 1 heterocycles. The van der Waals surface area contributed by atoms with E-state index < -0.39 is 0 Å². The van der Waals surface area contributed by atoms with Crippen LogP contribution in [-0.2, 0) is 6.61 Å². The maximum absolute atomic E-state index is 13.6. The largest absolute Gasteiger partial charge is 0.493 e. The van der Waals surface area contributed by atoms with Gasteiger partial charge in [-0.1, -0.05) is 70.5 Å². The van der Waals surface area contributed by atoms with E-state index in [1.54, 1.807) is 37.6 Å². The summed E-state index contributed by atoms with van der Waals surface area (Å²) >= 11 is 19.7. The highest BCUT2D eigenvalue weighted by molar-refractivity contribution is 9.10. The van der Waals surface area contributed by atoms with E-state index in [-0.39, 0.29) is 18.1 Å². The van der Waals surface area contributed by atoms with Gasteiger partial charge in [0.2, 0.25) is 0 Å². The summed E-state index contributed by atoms with van der Waals surface area (Å²) in [4.78, 5) is 18.5. The highest BCUT2D eigenvalue weighted by Gasteiger charge is 2.23. The summed E-state index contributed by atoms with van der Waals surface area (Å²) in [5.41, 5.74) is 2.02. The Labute approximate surface area is 253 Å². The molecule has 0 saturated heterocycles. The van der Waals surface area contributed by atoms with Crippen molar-refractivity contribution in [2.45, 2.75) is 44.6 Å². The normalized spacial score (nSPS) is 14.3. The molecule has 3 aromatic carbocycles. The van der Waals surface area contributed by atoms with Gasteiger partial charge in [-0.3, -0.25) is 4.79 Å². The number of nitrogens with zero attached hydrogens (tertiary/aromatic N) is 3. The molecule has 5 rings (SSSR count). The first-order valence-electron chi connectivity index (χ1n) is 12.6. The smallest absolute Gasteiger partial charge is 0.282 e. The molecule has 1 aliphatic carbocycles. The molecule has 0 unspecified atom stereocenters. The minimum Gasteiger partial charge on any atom is -0.493 e. The monoisotopic (exact) mass is 691 g/mol. The number of methoxy groups -OCH3 is 1. The van der Waals surface area contributed by atoms with Crippen molar-refractivity contribution < 1.29 is 9.47 Å². The molecule has 10 heteroatoms. The van der Waals surface area contributed by atoms with Crippen LogP contribution < -0.4 is 15.0 Å². The van der Waals surface area contributed by atoms with E-state index in [2.05, 4.69) is 37.0 Å². The number of hydrogen-bond acceptors (Lipinski definition) is 5. The molecule has 6 nitrogen and oxygen atoms in total. The molecular formula is C29H25Br2Cl2N3O3. The van der Waals surface area contributed by atoms with Crippen molar-refractivity contribution in [3.8, 4) is 11.5 Å². The average molecular weight is 694 g/mol. The number of halogens is 4. The van der Waals surface area contributed by atoms with Crippen molar-refractivity contribution in [1.29, 1.82) is 0 Å². The van der Waals surface area contributed by atoms with Crippen LogP contribution in [-0.4, -0.2) is 23.0 Å². The maximum atomic E-state index is 13.6. The topological polar surface area (TPSA) is 65.7 Å². The first kappa shape index (κ1) is 28.1. The molecule has 4 aromatic rings. The lowest BCUT2D eigenvalue weighted by molar-refractivity contribution is 0.284. The quantitative estimate of drug-likeness (QED) is 0.182. The van der Waals surface area contributed by atoms with Gasteiger partial charge in [0.1, 0.15) is 17.5 Å². The van der Waals surface area contributed by atoms with Crippen LogP contribution >= 0.6 is 55.1 Å². The molecule has 1 aromatic heterocycles. The van der Waals surface area contributed by atoms with E-state index in [1.807, 2.05) is 24.3 Å². The Hall–Kier alpha value is -2.39. The molecule has 0 N–H and O–H groups in total. The lowest BCUT2D eigenvalue weighted by Crippen LogP contribution is -2.25. The zero-order valence-corrected chi connectivity index (χ0v) is 25.8. The van der Waals surface area contributed by atoms with Gasteiger partial charge in [-0.25, -0.2) is 4.98 Å². The minimum atomic E-state index is -0.213. The van der Waals surface area contributed by atoms with Gasteiger partial charge in [0.05, 0.1) is 24.2 Å². The van der Waals surface area contributed by atoms with Crippen LogP contribution in [0.2, 0.25) is 10.0 Å². The van der Waals surface area contributed by atoms with E-state index in [4.69, 9.17) is 37.7 Å². The molecule has 0 aliphatic heterocycles. The predicted octanol–water partition coefficient (Wildman–Crippen LogP) is 8.75. The van der Waals surface area contributed by atoms with E-state index in [1.165, 1.54) is 11.1 Å². The average Bonchev–Trinajstić information content (AvgIpc) is 2.95. The van der Waals surface area contributed by atoms with Crippen LogP contribution in [0.1, 0.15) is 55.0 Å². The molecule has 1 fully saturated rings. The van der Waals surface area contributed by atoms with Crippen molar-refractivity contribution in [2.75, 3.05) is 7.11 Å². The van der Waals surface area contributed by atoms with Crippen LogP contribution in [0.3, 0.4) is 0 Å².